The number of hydrogen-bond acceptors (Lipinski definition) is 4. The molecule has 1 heterocycles. The molecular weight excluding hydrogens is 248 g/mol. The molecule has 98 valence electrons. The van der Waals surface area contributed by atoms with Gasteiger partial charge in [0.2, 0.25) is 0 Å². The van der Waals surface area contributed by atoms with E-state index in [-0.39, 0.29) is 17.2 Å². The molecule has 0 aromatic heterocycles. The molecule has 0 N–H and O–H groups in total. The molecule has 0 spiro atoms. The van der Waals surface area contributed by atoms with E-state index in [4.69, 9.17) is 4.74 Å². The lowest BCUT2D eigenvalue weighted by atomic mass is 10.0. The van der Waals surface area contributed by atoms with Crippen LogP contribution in [0.25, 0.3) is 0 Å². The summed E-state index contributed by atoms with van der Waals surface area (Å²) in [4.78, 5) is 10.1. The van der Waals surface area contributed by atoms with Crippen LogP contribution in [0.2, 0.25) is 0 Å². The fourth-order valence-electron chi connectivity index (χ4n) is 1.95. The van der Waals surface area contributed by atoms with E-state index < -0.39 is 17.1 Å². The molecule has 7 heteroatoms. The summed E-state index contributed by atoms with van der Waals surface area (Å²) in [5, 5.41) is 10.7. The summed E-state index contributed by atoms with van der Waals surface area (Å²) in [6.45, 7) is 0.485. The Bertz CT molecular complexity index is 502. The number of ether oxygens (including phenoxy) is 2. The highest BCUT2D eigenvalue weighted by Gasteiger charge is 2.35. The normalized spacial score (nSPS) is 16.3. The number of benzene rings is 1. The summed E-state index contributed by atoms with van der Waals surface area (Å²) in [5.41, 5.74) is -0.367. The number of nitro groups is 1. The van der Waals surface area contributed by atoms with Crippen LogP contribution in [0.15, 0.2) is 12.1 Å². The molecule has 0 bridgehead atoms. The van der Waals surface area contributed by atoms with Crippen molar-refractivity contribution in [2.45, 2.75) is 32.5 Å². The quantitative estimate of drug-likeness (QED) is 0.618. The fraction of sp³-hybridized carbons (Fsp3) is 0.455. The van der Waals surface area contributed by atoms with Crippen molar-refractivity contribution in [2.75, 3.05) is 0 Å². The van der Waals surface area contributed by atoms with Crippen molar-refractivity contribution in [1.29, 1.82) is 0 Å². The van der Waals surface area contributed by atoms with Gasteiger partial charge in [-0.2, -0.15) is 8.78 Å². The van der Waals surface area contributed by atoms with E-state index in [1.54, 1.807) is 13.8 Å². The maximum atomic E-state index is 12.3. The summed E-state index contributed by atoms with van der Waals surface area (Å²) in [6, 6.07) is 2.27. The maximum absolute atomic E-state index is 12.3. The minimum absolute atomic E-state index is 0.158. The van der Waals surface area contributed by atoms with Gasteiger partial charge in [-0.3, -0.25) is 10.1 Å². The van der Waals surface area contributed by atoms with E-state index >= 15 is 0 Å². The van der Waals surface area contributed by atoms with Crippen LogP contribution in [0, 0.1) is 10.1 Å². The molecule has 0 amide bonds. The smallest absolute Gasteiger partial charge is 0.387 e. The van der Waals surface area contributed by atoms with Gasteiger partial charge in [-0.15, -0.1) is 0 Å². The van der Waals surface area contributed by atoms with E-state index in [2.05, 4.69) is 4.74 Å². The van der Waals surface area contributed by atoms with Gasteiger partial charge in [-0.25, -0.2) is 0 Å². The first-order valence-electron chi connectivity index (χ1n) is 5.24. The van der Waals surface area contributed by atoms with Crippen LogP contribution in [0.3, 0.4) is 0 Å². The SMILES string of the molecule is CC1(C)Cc2cc([N+](=O)[O-])cc(OC(F)F)c2O1. The predicted molar refractivity (Wildman–Crippen MR) is 58.1 cm³/mol. The molecule has 0 radical (unpaired) electrons. The van der Waals surface area contributed by atoms with Crippen molar-refractivity contribution in [1.82, 2.24) is 0 Å². The zero-order valence-corrected chi connectivity index (χ0v) is 9.78. The molecule has 18 heavy (non-hydrogen) atoms. The van der Waals surface area contributed by atoms with Gasteiger partial charge in [-0.1, -0.05) is 0 Å². The van der Waals surface area contributed by atoms with E-state index in [1.807, 2.05) is 0 Å². The van der Waals surface area contributed by atoms with Crippen LogP contribution in [0.5, 0.6) is 11.5 Å². The number of non-ortho nitro benzene ring substituents is 1. The zero-order valence-electron chi connectivity index (χ0n) is 9.78. The molecular formula is C11H11F2NO4. The van der Waals surface area contributed by atoms with Gasteiger partial charge in [0.25, 0.3) is 5.69 Å². The molecule has 0 aliphatic carbocycles. The van der Waals surface area contributed by atoms with E-state index in [0.717, 1.165) is 6.07 Å². The molecule has 0 fully saturated rings. The van der Waals surface area contributed by atoms with Gasteiger partial charge in [0.1, 0.15) is 5.60 Å². The summed E-state index contributed by atoms with van der Waals surface area (Å²) < 4.78 is 34.3. The summed E-state index contributed by atoms with van der Waals surface area (Å²) in [6.07, 6.45) is 0.406. The Kier molecular flexibility index (Phi) is 2.84. The lowest BCUT2D eigenvalue weighted by Crippen LogP contribution is -2.24. The molecule has 0 saturated carbocycles. The molecule has 2 rings (SSSR count). The number of fused-ring (bicyclic) bond motifs is 1. The topological polar surface area (TPSA) is 61.6 Å². The molecule has 1 aromatic carbocycles. The third-order valence-corrected chi connectivity index (χ3v) is 2.54. The van der Waals surface area contributed by atoms with E-state index in [0.29, 0.717) is 12.0 Å². The number of hydrogen-bond donors (Lipinski definition) is 0. The Morgan fingerprint density at radius 1 is 1.50 bits per heavy atom. The third-order valence-electron chi connectivity index (χ3n) is 2.54. The molecule has 0 unspecified atom stereocenters. The van der Waals surface area contributed by atoms with Crippen LogP contribution >= 0.6 is 0 Å². The Morgan fingerprint density at radius 2 is 2.17 bits per heavy atom. The Morgan fingerprint density at radius 3 is 2.72 bits per heavy atom. The molecule has 1 aliphatic rings. The van der Waals surface area contributed by atoms with Crippen molar-refractivity contribution in [3.8, 4) is 11.5 Å². The lowest BCUT2D eigenvalue weighted by molar-refractivity contribution is -0.385. The average Bonchev–Trinajstić information content (AvgIpc) is 2.51. The van der Waals surface area contributed by atoms with Crippen LogP contribution < -0.4 is 9.47 Å². The van der Waals surface area contributed by atoms with Crippen LogP contribution in [0.1, 0.15) is 19.4 Å². The fourth-order valence-corrected chi connectivity index (χ4v) is 1.95. The van der Waals surface area contributed by atoms with E-state index in [1.165, 1.54) is 6.07 Å². The zero-order chi connectivity index (χ0) is 13.5. The number of alkyl halides is 2. The van der Waals surface area contributed by atoms with Gasteiger partial charge < -0.3 is 9.47 Å². The number of nitro benzene ring substituents is 1. The van der Waals surface area contributed by atoms with Crippen molar-refractivity contribution in [3.63, 3.8) is 0 Å². The molecule has 0 saturated heterocycles. The number of rotatable bonds is 3. The second-order valence-corrected chi connectivity index (χ2v) is 4.61. The number of halogens is 2. The van der Waals surface area contributed by atoms with Crippen LogP contribution in [0.4, 0.5) is 14.5 Å². The van der Waals surface area contributed by atoms with Crippen LogP contribution in [-0.4, -0.2) is 17.1 Å². The second-order valence-electron chi connectivity index (χ2n) is 4.61. The first-order chi connectivity index (χ1) is 8.28. The maximum Gasteiger partial charge on any atom is 0.387 e. The first kappa shape index (κ1) is 12.5. The van der Waals surface area contributed by atoms with Crippen molar-refractivity contribution >= 4 is 5.69 Å². The van der Waals surface area contributed by atoms with Gasteiger partial charge in [0, 0.05) is 18.1 Å². The summed E-state index contributed by atoms with van der Waals surface area (Å²) >= 11 is 0. The Labute approximate surface area is 101 Å². The summed E-state index contributed by atoms with van der Waals surface area (Å²) in [7, 11) is 0. The average molecular weight is 259 g/mol. The highest BCUT2D eigenvalue weighted by Crippen LogP contribution is 2.44. The van der Waals surface area contributed by atoms with Gasteiger partial charge in [0.15, 0.2) is 11.5 Å². The van der Waals surface area contributed by atoms with Gasteiger partial charge >= 0.3 is 6.61 Å². The Balaban J connectivity index is 2.49. The van der Waals surface area contributed by atoms with E-state index in [9.17, 15) is 18.9 Å². The largest absolute Gasteiger partial charge is 0.483 e. The standard InChI is InChI=1S/C11H11F2NO4/c1-11(2)5-6-3-7(14(15)16)4-8(9(6)18-11)17-10(12)13/h3-4,10H,5H2,1-2H3. The Hall–Kier alpha value is -1.92. The minimum atomic E-state index is -3.05. The molecule has 1 aromatic rings. The minimum Gasteiger partial charge on any atom is -0.483 e. The summed E-state index contributed by atoms with van der Waals surface area (Å²) in [5.74, 6) is -0.134. The predicted octanol–water partition coefficient (Wildman–Crippen LogP) is 2.91. The third kappa shape index (κ3) is 2.34. The van der Waals surface area contributed by atoms with Gasteiger partial charge in [-0.05, 0) is 13.8 Å². The molecule has 1 aliphatic heterocycles. The number of nitrogens with zero attached hydrogens (tertiary/aromatic N) is 1. The lowest BCUT2D eigenvalue weighted by Gasteiger charge is -2.18. The first-order valence-corrected chi connectivity index (χ1v) is 5.24. The second kappa shape index (κ2) is 4.08. The highest BCUT2D eigenvalue weighted by atomic mass is 19.3. The van der Waals surface area contributed by atoms with Gasteiger partial charge in [0.05, 0.1) is 11.0 Å². The highest BCUT2D eigenvalue weighted by molar-refractivity contribution is 5.56. The van der Waals surface area contributed by atoms with Crippen molar-refractivity contribution < 1.29 is 23.2 Å². The monoisotopic (exact) mass is 259 g/mol. The van der Waals surface area contributed by atoms with Crippen molar-refractivity contribution in [2.24, 2.45) is 0 Å². The molecule has 0 atom stereocenters. The molecule has 5 nitrogen and oxygen atoms in total. The van der Waals surface area contributed by atoms with Crippen molar-refractivity contribution in [3.05, 3.63) is 27.8 Å². The van der Waals surface area contributed by atoms with Crippen LogP contribution in [-0.2, 0) is 6.42 Å².